The van der Waals surface area contributed by atoms with Gasteiger partial charge in [0.05, 0.1) is 6.61 Å². The standard InChI is InChI=1S/C30H35N3O3/c1-2-36-26-17-11-9-15-22(26)29-28-23(21-14-8-10-16-24(21)31-28)18-25-30(35)32(19-27(34)33(25)29)20-12-6-4-3-5-7-13-20/h8-11,14-17,20,25,29,31H,2-7,12-13,18-19H2,1H3/t25-,29?/m0/s1. The molecule has 6 rings (SSSR count). The number of carbonyl (C=O) groups is 2. The normalized spacial score (nSPS) is 23.2. The number of para-hydroxylation sites is 2. The maximum Gasteiger partial charge on any atom is 0.246 e. The first-order chi connectivity index (χ1) is 17.7. The van der Waals surface area contributed by atoms with Crippen molar-refractivity contribution in [1.82, 2.24) is 14.8 Å². The van der Waals surface area contributed by atoms with Gasteiger partial charge in [0, 0.05) is 34.6 Å². The molecule has 6 nitrogen and oxygen atoms in total. The number of piperazine rings is 1. The van der Waals surface area contributed by atoms with Crippen LogP contribution in [0.1, 0.15) is 74.7 Å². The number of aromatic amines is 1. The van der Waals surface area contributed by atoms with E-state index >= 15 is 0 Å². The molecule has 0 radical (unpaired) electrons. The van der Waals surface area contributed by atoms with E-state index in [1.54, 1.807) is 0 Å². The van der Waals surface area contributed by atoms with Crippen molar-refractivity contribution in [2.75, 3.05) is 13.2 Å². The largest absolute Gasteiger partial charge is 0.494 e. The quantitative estimate of drug-likeness (QED) is 0.541. The van der Waals surface area contributed by atoms with Gasteiger partial charge in [-0.05, 0) is 37.5 Å². The molecular formula is C30H35N3O3. The van der Waals surface area contributed by atoms with Crippen LogP contribution < -0.4 is 4.74 Å². The average molecular weight is 486 g/mol. The first-order valence-corrected chi connectivity index (χ1v) is 13.6. The lowest BCUT2D eigenvalue weighted by atomic mass is 9.85. The van der Waals surface area contributed by atoms with E-state index in [1.165, 1.54) is 19.3 Å². The van der Waals surface area contributed by atoms with Crippen LogP contribution in [0.5, 0.6) is 5.75 Å². The van der Waals surface area contributed by atoms with Crippen molar-refractivity contribution >= 4 is 22.7 Å². The Morgan fingerprint density at radius 1 is 0.944 bits per heavy atom. The van der Waals surface area contributed by atoms with E-state index in [0.717, 1.165) is 59.2 Å². The number of hydrogen-bond acceptors (Lipinski definition) is 3. The lowest BCUT2D eigenvalue weighted by molar-refractivity contribution is -0.161. The SMILES string of the molecule is CCOc1ccccc1C1c2[nH]c3ccccc3c2C[C@H]2C(=O)N(C3CCCCCCC3)CC(=O)N12. The Balaban J connectivity index is 1.46. The zero-order valence-corrected chi connectivity index (χ0v) is 21.0. The summed E-state index contributed by atoms with van der Waals surface area (Å²) in [6, 6.07) is 15.5. The number of benzene rings is 2. The molecule has 3 heterocycles. The molecule has 1 N–H and O–H groups in total. The minimum atomic E-state index is -0.497. The first kappa shape index (κ1) is 23.1. The molecular weight excluding hydrogens is 450 g/mol. The van der Waals surface area contributed by atoms with Crippen LogP contribution in [0, 0.1) is 0 Å². The fourth-order valence-electron chi connectivity index (χ4n) is 6.66. The fourth-order valence-corrected chi connectivity index (χ4v) is 6.66. The average Bonchev–Trinajstić information content (AvgIpc) is 3.24. The van der Waals surface area contributed by atoms with Gasteiger partial charge in [0.2, 0.25) is 11.8 Å². The van der Waals surface area contributed by atoms with Crippen molar-refractivity contribution in [3.63, 3.8) is 0 Å². The van der Waals surface area contributed by atoms with E-state index < -0.39 is 6.04 Å². The van der Waals surface area contributed by atoms with Crippen molar-refractivity contribution in [2.45, 2.75) is 76.4 Å². The molecule has 2 amide bonds. The number of aromatic nitrogens is 1. The Labute approximate surface area is 212 Å². The molecule has 3 aromatic rings. The van der Waals surface area contributed by atoms with Crippen LogP contribution in [0.2, 0.25) is 0 Å². The molecule has 0 bridgehead atoms. The summed E-state index contributed by atoms with van der Waals surface area (Å²) in [5.74, 6) is 0.898. The van der Waals surface area contributed by atoms with Gasteiger partial charge in [-0.15, -0.1) is 0 Å². The summed E-state index contributed by atoms with van der Waals surface area (Å²) in [7, 11) is 0. The molecule has 2 aromatic carbocycles. The van der Waals surface area contributed by atoms with E-state index in [9.17, 15) is 9.59 Å². The molecule has 6 heteroatoms. The summed E-state index contributed by atoms with van der Waals surface area (Å²) in [6.07, 6.45) is 8.53. The molecule has 1 aromatic heterocycles. The Morgan fingerprint density at radius 2 is 1.67 bits per heavy atom. The topological polar surface area (TPSA) is 65.6 Å². The highest BCUT2D eigenvalue weighted by Gasteiger charge is 2.49. The number of amides is 2. The van der Waals surface area contributed by atoms with Gasteiger partial charge in [0.15, 0.2) is 0 Å². The zero-order chi connectivity index (χ0) is 24.6. The predicted molar refractivity (Wildman–Crippen MR) is 140 cm³/mol. The van der Waals surface area contributed by atoms with Gasteiger partial charge in [0.25, 0.3) is 0 Å². The van der Waals surface area contributed by atoms with E-state index in [4.69, 9.17) is 4.74 Å². The van der Waals surface area contributed by atoms with Crippen LogP contribution in [0.15, 0.2) is 48.5 Å². The third-order valence-corrected chi connectivity index (χ3v) is 8.32. The number of fused-ring (bicyclic) bond motifs is 4. The number of carbonyl (C=O) groups excluding carboxylic acids is 2. The number of H-pyrrole nitrogens is 1. The van der Waals surface area contributed by atoms with Crippen LogP contribution in [0.3, 0.4) is 0 Å². The van der Waals surface area contributed by atoms with E-state index in [0.29, 0.717) is 13.0 Å². The number of rotatable bonds is 4. The second-order valence-corrected chi connectivity index (χ2v) is 10.4. The molecule has 1 aliphatic carbocycles. The maximum atomic E-state index is 14.1. The van der Waals surface area contributed by atoms with Gasteiger partial charge < -0.3 is 19.5 Å². The second-order valence-electron chi connectivity index (χ2n) is 10.4. The van der Waals surface area contributed by atoms with Crippen molar-refractivity contribution in [3.05, 3.63) is 65.4 Å². The van der Waals surface area contributed by atoms with Crippen molar-refractivity contribution < 1.29 is 14.3 Å². The van der Waals surface area contributed by atoms with Crippen LogP contribution in [-0.4, -0.2) is 51.8 Å². The van der Waals surface area contributed by atoms with Crippen LogP contribution in [0.4, 0.5) is 0 Å². The van der Waals surface area contributed by atoms with Gasteiger partial charge in [0.1, 0.15) is 24.4 Å². The van der Waals surface area contributed by atoms with E-state index in [1.807, 2.05) is 53.1 Å². The molecule has 2 atom stereocenters. The highest BCUT2D eigenvalue weighted by molar-refractivity contribution is 5.98. The molecule has 1 saturated heterocycles. The summed E-state index contributed by atoms with van der Waals surface area (Å²) in [5.41, 5.74) is 4.11. The lowest BCUT2D eigenvalue weighted by Gasteiger charge is -2.49. The molecule has 2 aliphatic heterocycles. The monoisotopic (exact) mass is 485 g/mol. The fraction of sp³-hybridized carbons (Fsp3) is 0.467. The molecule has 36 heavy (non-hydrogen) atoms. The van der Waals surface area contributed by atoms with Gasteiger partial charge in [-0.1, -0.05) is 68.5 Å². The van der Waals surface area contributed by atoms with Gasteiger partial charge in [-0.3, -0.25) is 9.59 Å². The maximum absolute atomic E-state index is 14.1. The number of hydrogen-bond donors (Lipinski definition) is 1. The Morgan fingerprint density at radius 3 is 2.47 bits per heavy atom. The van der Waals surface area contributed by atoms with Gasteiger partial charge in [-0.2, -0.15) is 0 Å². The number of ether oxygens (including phenoxy) is 1. The Hall–Kier alpha value is -3.28. The molecule has 1 saturated carbocycles. The summed E-state index contributed by atoms with van der Waals surface area (Å²) < 4.78 is 6.02. The van der Waals surface area contributed by atoms with Crippen LogP contribution >= 0.6 is 0 Å². The van der Waals surface area contributed by atoms with Crippen LogP contribution in [0.25, 0.3) is 10.9 Å². The Bertz CT molecular complexity index is 1270. The Kier molecular flexibility index (Phi) is 6.20. The minimum absolute atomic E-state index is 0.0299. The summed E-state index contributed by atoms with van der Waals surface area (Å²) >= 11 is 0. The highest BCUT2D eigenvalue weighted by Crippen LogP contribution is 2.45. The van der Waals surface area contributed by atoms with E-state index in [2.05, 4.69) is 17.1 Å². The molecule has 1 unspecified atom stereocenters. The molecule has 188 valence electrons. The second kappa shape index (κ2) is 9.64. The third kappa shape index (κ3) is 3.87. The summed E-state index contributed by atoms with van der Waals surface area (Å²) in [4.78, 5) is 35.5. The molecule has 3 aliphatic rings. The smallest absolute Gasteiger partial charge is 0.246 e. The summed E-state index contributed by atoms with van der Waals surface area (Å²) in [6.45, 7) is 2.68. The van der Waals surface area contributed by atoms with Gasteiger partial charge in [-0.25, -0.2) is 0 Å². The highest BCUT2D eigenvalue weighted by atomic mass is 16.5. The first-order valence-electron chi connectivity index (χ1n) is 13.6. The number of nitrogens with zero attached hydrogens (tertiary/aromatic N) is 2. The van der Waals surface area contributed by atoms with E-state index in [-0.39, 0.29) is 30.4 Å². The molecule has 0 spiro atoms. The zero-order valence-electron chi connectivity index (χ0n) is 21.0. The number of nitrogens with one attached hydrogen (secondary N) is 1. The van der Waals surface area contributed by atoms with Gasteiger partial charge >= 0.3 is 0 Å². The van der Waals surface area contributed by atoms with Crippen molar-refractivity contribution in [3.8, 4) is 5.75 Å². The lowest BCUT2D eigenvalue weighted by Crippen LogP contribution is -2.64. The van der Waals surface area contributed by atoms with Crippen molar-refractivity contribution in [1.29, 1.82) is 0 Å². The van der Waals surface area contributed by atoms with Crippen LogP contribution in [-0.2, 0) is 16.0 Å². The minimum Gasteiger partial charge on any atom is -0.494 e. The molecule has 2 fully saturated rings. The van der Waals surface area contributed by atoms with Crippen molar-refractivity contribution in [2.24, 2.45) is 0 Å². The summed E-state index contributed by atoms with van der Waals surface area (Å²) in [5, 5.41) is 1.13. The third-order valence-electron chi connectivity index (χ3n) is 8.32. The predicted octanol–water partition coefficient (Wildman–Crippen LogP) is 5.36.